The van der Waals surface area contributed by atoms with E-state index in [2.05, 4.69) is 26.1 Å². The van der Waals surface area contributed by atoms with Gasteiger partial charge in [0.2, 0.25) is 0 Å². The lowest BCUT2D eigenvalue weighted by Crippen LogP contribution is -2.34. The maximum absolute atomic E-state index is 5.67. The fourth-order valence-corrected chi connectivity index (χ4v) is 2.00. The van der Waals surface area contributed by atoms with Crippen LogP contribution in [0.15, 0.2) is 17.5 Å². The Morgan fingerprint density at radius 3 is 2.94 bits per heavy atom. The summed E-state index contributed by atoms with van der Waals surface area (Å²) >= 11 is 0. The van der Waals surface area contributed by atoms with Gasteiger partial charge >= 0.3 is 0 Å². The Bertz CT molecular complexity index is 527. The van der Waals surface area contributed by atoms with E-state index in [-0.39, 0.29) is 0 Å². The second-order valence-corrected chi connectivity index (χ2v) is 4.22. The molecule has 0 bridgehead atoms. The molecule has 1 aliphatic rings. The number of rotatable bonds is 2. The van der Waals surface area contributed by atoms with E-state index in [9.17, 15) is 0 Å². The van der Waals surface area contributed by atoms with Crippen LogP contribution in [0.3, 0.4) is 0 Å². The Labute approximate surface area is 107 Å². The lowest BCUT2D eigenvalue weighted by Gasteiger charge is -2.29. The summed E-state index contributed by atoms with van der Waals surface area (Å²) in [6, 6.07) is 0. The van der Waals surface area contributed by atoms with E-state index < -0.39 is 0 Å². The zero-order chi connectivity index (χ0) is 13.1. The third kappa shape index (κ3) is 2.23. The Kier molecular flexibility index (Phi) is 3.38. The molecule has 0 aromatic carbocycles. The van der Waals surface area contributed by atoms with Crippen molar-refractivity contribution in [2.75, 3.05) is 30.8 Å². The van der Waals surface area contributed by atoms with Crippen molar-refractivity contribution in [2.45, 2.75) is 13.3 Å². The molecule has 3 N–H and O–H groups in total. The van der Waals surface area contributed by atoms with Crippen LogP contribution >= 0.6 is 0 Å². The van der Waals surface area contributed by atoms with Gasteiger partial charge in [0.1, 0.15) is 11.6 Å². The van der Waals surface area contributed by atoms with Gasteiger partial charge in [0, 0.05) is 31.3 Å². The number of nitrogens with zero attached hydrogens (tertiary/aromatic N) is 3. The highest BCUT2D eigenvalue weighted by Gasteiger charge is 2.19. The molecular formula is C13H17N5. The van der Waals surface area contributed by atoms with Gasteiger partial charge in [-0.2, -0.15) is 0 Å². The van der Waals surface area contributed by atoms with Crippen LogP contribution in [0.2, 0.25) is 0 Å². The largest absolute Gasteiger partial charge is 0.391 e. The van der Waals surface area contributed by atoms with E-state index in [1.54, 1.807) is 6.20 Å². The summed E-state index contributed by atoms with van der Waals surface area (Å²) in [5.41, 5.74) is 8.53. The van der Waals surface area contributed by atoms with Crippen LogP contribution in [0.1, 0.15) is 12.1 Å². The lowest BCUT2D eigenvalue weighted by atomic mass is 10.1. The standard InChI is InChI=1S/C13H17N5/c1-4-10-8-18(6-5-11(10)15-3)12-7-16-13(14)9(2)17-12/h1,7,15H,5-6,8H2,2-3H3,(H2,14,16). The molecule has 1 aliphatic heterocycles. The number of terminal acetylenes is 1. The highest BCUT2D eigenvalue weighted by molar-refractivity contribution is 5.48. The first-order valence-corrected chi connectivity index (χ1v) is 5.86. The van der Waals surface area contributed by atoms with Gasteiger partial charge in [0.05, 0.1) is 18.4 Å². The molecule has 1 aromatic rings. The molecule has 5 nitrogen and oxygen atoms in total. The van der Waals surface area contributed by atoms with Gasteiger partial charge in [-0.15, -0.1) is 6.42 Å². The van der Waals surface area contributed by atoms with Crippen LogP contribution < -0.4 is 16.0 Å². The minimum atomic E-state index is 0.472. The quantitative estimate of drug-likeness (QED) is 0.748. The smallest absolute Gasteiger partial charge is 0.147 e. The van der Waals surface area contributed by atoms with Crippen molar-refractivity contribution in [3.8, 4) is 12.3 Å². The van der Waals surface area contributed by atoms with E-state index in [1.165, 1.54) is 0 Å². The van der Waals surface area contributed by atoms with Gasteiger partial charge in [-0.3, -0.25) is 0 Å². The van der Waals surface area contributed by atoms with Crippen LogP contribution in [0.4, 0.5) is 11.6 Å². The van der Waals surface area contributed by atoms with Crippen LogP contribution in [-0.2, 0) is 0 Å². The summed E-state index contributed by atoms with van der Waals surface area (Å²) in [5.74, 6) is 4.03. The zero-order valence-electron chi connectivity index (χ0n) is 10.7. The van der Waals surface area contributed by atoms with Crippen molar-refractivity contribution < 1.29 is 0 Å². The van der Waals surface area contributed by atoms with Crippen molar-refractivity contribution in [3.05, 3.63) is 23.2 Å². The molecule has 2 heterocycles. The van der Waals surface area contributed by atoms with E-state index in [1.807, 2.05) is 14.0 Å². The Morgan fingerprint density at radius 2 is 2.33 bits per heavy atom. The first-order chi connectivity index (χ1) is 8.65. The molecule has 2 rings (SSSR count). The first kappa shape index (κ1) is 12.2. The van der Waals surface area contributed by atoms with Crippen LogP contribution in [-0.4, -0.2) is 30.1 Å². The van der Waals surface area contributed by atoms with Crippen molar-refractivity contribution >= 4 is 11.6 Å². The van der Waals surface area contributed by atoms with Crippen LogP contribution in [0.25, 0.3) is 0 Å². The van der Waals surface area contributed by atoms with Gasteiger partial charge in [-0.25, -0.2) is 9.97 Å². The molecule has 0 spiro atoms. The molecule has 0 atom stereocenters. The number of aryl methyl sites for hydroxylation is 1. The van der Waals surface area contributed by atoms with E-state index >= 15 is 0 Å². The van der Waals surface area contributed by atoms with Crippen LogP contribution in [0, 0.1) is 19.3 Å². The molecule has 0 aliphatic carbocycles. The van der Waals surface area contributed by atoms with E-state index in [4.69, 9.17) is 12.2 Å². The average Bonchev–Trinajstić information content (AvgIpc) is 2.41. The maximum atomic E-state index is 5.67. The third-order valence-corrected chi connectivity index (χ3v) is 3.12. The van der Waals surface area contributed by atoms with Crippen molar-refractivity contribution in [1.82, 2.24) is 15.3 Å². The number of hydrogen-bond donors (Lipinski definition) is 2. The Balaban J connectivity index is 2.25. The number of nitrogen functional groups attached to an aromatic ring is 1. The Morgan fingerprint density at radius 1 is 1.56 bits per heavy atom. The first-order valence-electron chi connectivity index (χ1n) is 5.86. The van der Waals surface area contributed by atoms with Gasteiger partial charge < -0.3 is 16.0 Å². The highest BCUT2D eigenvalue weighted by atomic mass is 15.2. The second kappa shape index (κ2) is 4.96. The minimum Gasteiger partial charge on any atom is -0.391 e. The summed E-state index contributed by atoms with van der Waals surface area (Å²) in [7, 11) is 1.90. The monoisotopic (exact) mass is 243 g/mol. The maximum Gasteiger partial charge on any atom is 0.147 e. The van der Waals surface area contributed by atoms with Crippen molar-refractivity contribution in [1.29, 1.82) is 0 Å². The SMILES string of the molecule is C#CC1=C(NC)CCN(c2cnc(N)c(C)n2)C1. The number of anilines is 2. The van der Waals surface area contributed by atoms with Crippen LogP contribution in [0.5, 0.6) is 0 Å². The van der Waals surface area contributed by atoms with Gasteiger partial charge in [-0.05, 0) is 6.92 Å². The van der Waals surface area contributed by atoms with Gasteiger partial charge in [-0.1, -0.05) is 5.92 Å². The van der Waals surface area contributed by atoms with E-state index in [0.29, 0.717) is 12.4 Å². The summed E-state index contributed by atoms with van der Waals surface area (Å²) in [4.78, 5) is 10.7. The molecule has 0 amide bonds. The molecule has 18 heavy (non-hydrogen) atoms. The zero-order valence-corrected chi connectivity index (χ0v) is 10.7. The van der Waals surface area contributed by atoms with Crippen molar-refractivity contribution in [2.24, 2.45) is 0 Å². The fraction of sp³-hybridized carbons (Fsp3) is 0.385. The molecule has 0 fully saturated rings. The Hall–Kier alpha value is -2.22. The molecule has 5 heteroatoms. The van der Waals surface area contributed by atoms with Gasteiger partial charge in [0.25, 0.3) is 0 Å². The number of aromatic nitrogens is 2. The normalized spacial score (nSPS) is 15.5. The number of hydrogen-bond acceptors (Lipinski definition) is 5. The second-order valence-electron chi connectivity index (χ2n) is 4.22. The number of nitrogens with one attached hydrogen (secondary N) is 1. The fourth-order valence-electron chi connectivity index (χ4n) is 2.00. The molecule has 0 saturated heterocycles. The summed E-state index contributed by atoms with van der Waals surface area (Å²) in [5, 5.41) is 3.15. The molecule has 94 valence electrons. The predicted octanol–water partition coefficient (Wildman–Crippen LogP) is 0.684. The third-order valence-electron chi connectivity index (χ3n) is 3.12. The van der Waals surface area contributed by atoms with Crippen molar-refractivity contribution in [3.63, 3.8) is 0 Å². The minimum absolute atomic E-state index is 0.472. The molecule has 0 radical (unpaired) electrons. The molecule has 0 unspecified atom stereocenters. The summed E-state index contributed by atoms with van der Waals surface area (Å²) in [6.45, 7) is 3.41. The highest BCUT2D eigenvalue weighted by Crippen LogP contribution is 2.21. The molecule has 0 saturated carbocycles. The topological polar surface area (TPSA) is 67.1 Å². The average molecular weight is 243 g/mol. The molecular weight excluding hydrogens is 226 g/mol. The number of nitrogens with two attached hydrogens (primary N) is 1. The van der Waals surface area contributed by atoms with E-state index in [0.717, 1.165) is 35.7 Å². The lowest BCUT2D eigenvalue weighted by molar-refractivity contribution is 0.714. The summed E-state index contributed by atoms with van der Waals surface area (Å²) in [6.07, 6.45) is 8.12. The predicted molar refractivity (Wildman–Crippen MR) is 72.9 cm³/mol. The molecule has 1 aromatic heterocycles. The van der Waals surface area contributed by atoms with Gasteiger partial charge in [0.15, 0.2) is 0 Å². The summed E-state index contributed by atoms with van der Waals surface area (Å²) < 4.78 is 0.